The fourth-order valence-electron chi connectivity index (χ4n) is 3.30. The third-order valence-corrected chi connectivity index (χ3v) is 4.90. The van der Waals surface area contributed by atoms with Gasteiger partial charge in [0.25, 0.3) is 5.91 Å². The number of aromatic nitrogens is 2. The zero-order valence-corrected chi connectivity index (χ0v) is 20.2. The Hall–Kier alpha value is -3.97. The van der Waals surface area contributed by atoms with Crippen molar-refractivity contribution in [3.8, 4) is 23.3 Å². The second kappa shape index (κ2) is 12.8. The van der Waals surface area contributed by atoms with Crippen LogP contribution in [0.15, 0.2) is 48.5 Å². The SMILES string of the molecule is CNc1nc(Oc2cccc(OC(F)(F)F)c2)n(Cc2ccc(OC)cc2)c1C(=O)NCCOCCO. The molecule has 0 aliphatic rings. The van der Waals surface area contributed by atoms with Gasteiger partial charge in [-0.3, -0.25) is 9.36 Å². The summed E-state index contributed by atoms with van der Waals surface area (Å²) >= 11 is 0. The summed E-state index contributed by atoms with van der Waals surface area (Å²) in [7, 11) is 3.11. The zero-order valence-electron chi connectivity index (χ0n) is 20.2. The molecule has 1 aromatic heterocycles. The molecule has 13 heteroatoms. The number of anilines is 1. The van der Waals surface area contributed by atoms with Gasteiger partial charge in [-0.2, -0.15) is 4.98 Å². The number of ether oxygens (including phenoxy) is 4. The van der Waals surface area contributed by atoms with Crippen LogP contribution in [0.4, 0.5) is 19.0 Å². The smallest absolute Gasteiger partial charge is 0.497 e. The molecule has 10 nitrogen and oxygen atoms in total. The summed E-state index contributed by atoms with van der Waals surface area (Å²) in [5, 5.41) is 14.4. The Bertz CT molecular complexity index is 1170. The van der Waals surface area contributed by atoms with E-state index >= 15 is 0 Å². The molecule has 0 bridgehead atoms. The van der Waals surface area contributed by atoms with Crippen LogP contribution >= 0.6 is 0 Å². The van der Waals surface area contributed by atoms with Gasteiger partial charge in [0.15, 0.2) is 11.5 Å². The Morgan fingerprint density at radius 3 is 2.46 bits per heavy atom. The Kier molecular flexibility index (Phi) is 9.57. The molecule has 200 valence electrons. The first-order chi connectivity index (χ1) is 17.7. The molecule has 3 rings (SSSR count). The summed E-state index contributed by atoms with van der Waals surface area (Å²) in [6.45, 7) is 0.507. The third-order valence-electron chi connectivity index (χ3n) is 4.90. The molecule has 1 heterocycles. The van der Waals surface area contributed by atoms with Crippen LogP contribution in [-0.2, 0) is 11.3 Å². The minimum Gasteiger partial charge on any atom is -0.497 e. The molecule has 0 fully saturated rings. The van der Waals surface area contributed by atoms with E-state index in [4.69, 9.17) is 19.3 Å². The maximum Gasteiger partial charge on any atom is 0.573 e. The van der Waals surface area contributed by atoms with Gasteiger partial charge in [0.05, 0.1) is 33.5 Å². The number of hydrogen-bond donors (Lipinski definition) is 3. The molecule has 0 atom stereocenters. The average Bonchev–Trinajstić information content (AvgIpc) is 3.20. The summed E-state index contributed by atoms with van der Waals surface area (Å²) in [6.07, 6.45) is -4.86. The summed E-state index contributed by atoms with van der Waals surface area (Å²) in [6, 6.07) is 12.0. The summed E-state index contributed by atoms with van der Waals surface area (Å²) < 4.78 is 59.6. The number of carbonyl (C=O) groups is 1. The molecule has 0 unspecified atom stereocenters. The van der Waals surface area contributed by atoms with Crippen molar-refractivity contribution in [2.24, 2.45) is 0 Å². The van der Waals surface area contributed by atoms with Crippen LogP contribution in [0.5, 0.6) is 23.3 Å². The van der Waals surface area contributed by atoms with Crippen molar-refractivity contribution in [1.82, 2.24) is 14.9 Å². The molecule has 0 aliphatic carbocycles. The maximum atomic E-state index is 13.1. The number of aliphatic hydroxyl groups excluding tert-OH is 1. The number of nitrogens with zero attached hydrogens (tertiary/aromatic N) is 2. The van der Waals surface area contributed by atoms with E-state index in [1.54, 1.807) is 38.4 Å². The van der Waals surface area contributed by atoms with Crippen molar-refractivity contribution in [1.29, 1.82) is 0 Å². The van der Waals surface area contributed by atoms with Crippen molar-refractivity contribution in [3.05, 3.63) is 59.8 Å². The van der Waals surface area contributed by atoms with Crippen LogP contribution in [0.25, 0.3) is 0 Å². The fourth-order valence-corrected chi connectivity index (χ4v) is 3.30. The largest absolute Gasteiger partial charge is 0.573 e. The monoisotopic (exact) mass is 524 g/mol. The molecule has 0 spiro atoms. The van der Waals surface area contributed by atoms with Gasteiger partial charge in [0, 0.05) is 19.7 Å². The number of nitrogens with one attached hydrogen (secondary N) is 2. The lowest BCUT2D eigenvalue weighted by molar-refractivity contribution is -0.274. The second-order valence-corrected chi connectivity index (χ2v) is 7.49. The van der Waals surface area contributed by atoms with Gasteiger partial charge in [0.2, 0.25) is 0 Å². The molecule has 2 aromatic carbocycles. The highest BCUT2D eigenvalue weighted by atomic mass is 19.4. The van der Waals surface area contributed by atoms with Gasteiger partial charge < -0.3 is 34.7 Å². The number of carbonyl (C=O) groups excluding carboxylic acids is 1. The van der Waals surface area contributed by atoms with Gasteiger partial charge >= 0.3 is 12.4 Å². The Labute approximate surface area is 210 Å². The zero-order chi connectivity index (χ0) is 26.8. The number of aliphatic hydroxyl groups is 1. The lowest BCUT2D eigenvalue weighted by Gasteiger charge is -2.14. The molecular formula is C24H27F3N4O6. The van der Waals surface area contributed by atoms with E-state index in [0.717, 1.165) is 17.7 Å². The van der Waals surface area contributed by atoms with Crippen LogP contribution in [0.2, 0.25) is 0 Å². The second-order valence-electron chi connectivity index (χ2n) is 7.49. The van der Waals surface area contributed by atoms with Gasteiger partial charge in [-0.15, -0.1) is 13.2 Å². The highest BCUT2D eigenvalue weighted by Crippen LogP contribution is 2.31. The topological polar surface area (TPSA) is 116 Å². The summed E-state index contributed by atoms with van der Waals surface area (Å²) in [4.78, 5) is 17.5. The van der Waals surface area contributed by atoms with Crippen molar-refractivity contribution >= 4 is 11.7 Å². The maximum absolute atomic E-state index is 13.1. The molecule has 37 heavy (non-hydrogen) atoms. The van der Waals surface area contributed by atoms with Crippen molar-refractivity contribution in [3.63, 3.8) is 0 Å². The van der Waals surface area contributed by atoms with Crippen LogP contribution in [0, 0.1) is 0 Å². The number of alkyl halides is 3. The molecule has 1 amide bonds. The van der Waals surface area contributed by atoms with Crippen molar-refractivity contribution in [2.75, 3.05) is 45.8 Å². The van der Waals surface area contributed by atoms with Gasteiger partial charge in [-0.25, -0.2) is 0 Å². The lowest BCUT2D eigenvalue weighted by Crippen LogP contribution is -2.30. The van der Waals surface area contributed by atoms with E-state index in [1.165, 1.54) is 16.7 Å². The predicted octanol–water partition coefficient (Wildman–Crippen LogP) is 3.41. The summed E-state index contributed by atoms with van der Waals surface area (Å²) in [5.74, 6) is -0.0891. The molecule has 0 saturated carbocycles. The molecule has 3 aromatic rings. The summed E-state index contributed by atoms with van der Waals surface area (Å²) in [5.41, 5.74) is 0.915. The lowest BCUT2D eigenvalue weighted by atomic mass is 10.2. The number of amides is 1. The van der Waals surface area contributed by atoms with Crippen LogP contribution in [0.3, 0.4) is 0 Å². The number of rotatable bonds is 13. The highest BCUT2D eigenvalue weighted by Gasteiger charge is 2.31. The van der Waals surface area contributed by atoms with E-state index in [2.05, 4.69) is 20.4 Å². The number of imidazole rings is 1. The van der Waals surface area contributed by atoms with Gasteiger partial charge in [-0.1, -0.05) is 18.2 Å². The number of methoxy groups -OCH3 is 1. The van der Waals surface area contributed by atoms with E-state index in [1.807, 2.05) is 0 Å². The molecule has 0 aliphatic heterocycles. The van der Waals surface area contributed by atoms with Crippen LogP contribution in [0.1, 0.15) is 16.1 Å². The van der Waals surface area contributed by atoms with Crippen molar-refractivity contribution < 1.29 is 42.0 Å². The highest BCUT2D eigenvalue weighted by molar-refractivity contribution is 5.97. The average molecular weight is 524 g/mol. The predicted molar refractivity (Wildman–Crippen MR) is 127 cm³/mol. The Morgan fingerprint density at radius 2 is 1.81 bits per heavy atom. The molecule has 0 radical (unpaired) electrons. The quantitative estimate of drug-likeness (QED) is 0.292. The molecule has 3 N–H and O–H groups in total. The third kappa shape index (κ3) is 8.02. The van der Waals surface area contributed by atoms with E-state index in [-0.39, 0.29) is 56.2 Å². The molecule has 0 saturated heterocycles. The standard InChI is InChI=1S/C24H27F3N4O6/c1-28-21-20(22(33)29-10-12-35-13-11-32)31(15-16-6-8-17(34-2)9-7-16)23(30-21)36-18-4-3-5-19(14-18)37-24(25,26)27/h3-9,14,28,32H,10-13,15H2,1-2H3,(H,29,33). The number of benzene rings is 2. The number of halogens is 3. The van der Waals surface area contributed by atoms with Gasteiger partial charge in [-0.05, 0) is 29.8 Å². The fraction of sp³-hybridized carbons (Fsp3) is 0.333. The van der Waals surface area contributed by atoms with E-state index < -0.39 is 18.0 Å². The van der Waals surface area contributed by atoms with Gasteiger partial charge in [0.1, 0.15) is 17.2 Å². The van der Waals surface area contributed by atoms with Crippen molar-refractivity contribution in [2.45, 2.75) is 12.9 Å². The number of hydrogen-bond acceptors (Lipinski definition) is 8. The minimum absolute atomic E-state index is 0.0229. The van der Waals surface area contributed by atoms with E-state index in [9.17, 15) is 18.0 Å². The van der Waals surface area contributed by atoms with Crippen LogP contribution < -0.4 is 24.8 Å². The Morgan fingerprint density at radius 1 is 1.08 bits per heavy atom. The Balaban J connectivity index is 1.94. The molecular weight excluding hydrogens is 497 g/mol. The first-order valence-corrected chi connectivity index (χ1v) is 11.2. The minimum atomic E-state index is -4.86. The normalized spacial score (nSPS) is 11.2. The first kappa shape index (κ1) is 27.6. The van der Waals surface area contributed by atoms with E-state index in [0.29, 0.717) is 5.75 Å². The first-order valence-electron chi connectivity index (χ1n) is 11.2. The van der Waals surface area contributed by atoms with Crippen LogP contribution in [-0.4, -0.2) is 67.5 Å².